The molecule has 0 saturated heterocycles. The van der Waals surface area contributed by atoms with Gasteiger partial charge in [0.05, 0.1) is 6.26 Å². The molecular weight excluding hydrogens is 152 g/mol. The highest BCUT2D eigenvalue weighted by molar-refractivity contribution is 6.05. The van der Waals surface area contributed by atoms with Crippen molar-refractivity contribution in [2.45, 2.75) is 6.92 Å². The van der Waals surface area contributed by atoms with Gasteiger partial charge in [-0.25, -0.2) is 0 Å². The van der Waals surface area contributed by atoms with E-state index < -0.39 is 0 Å². The zero-order valence-corrected chi connectivity index (χ0v) is 6.82. The summed E-state index contributed by atoms with van der Waals surface area (Å²) < 4.78 is 0. The summed E-state index contributed by atoms with van der Waals surface area (Å²) in [6.07, 6.45) is 1.90. The van der Waals surface area contributed by atoms with Gasteiger partial charge >= 0.3 is 0 Å². The highest BCUT2D eigenvalue weighted by Gasteiger charge is 2.03. The van der Waals surface area contributed by atoms with Gasteiger partial charge in [0.1, 0.15) is 0 Å². The summed E-state index contributed by atoms with van der Waals surface area (Å²) in [5.41, 5.74) is 1.54. The van der Waals surface area contributed by atoms with Crippen LogP contribution in [0, 0.1) is 6.92 Å². The van der Waals surface area contributed by atoms with E-state index in [0.29, 0.717) is 5.56 Å². The van der Waals surface area contributed by atoms with Crippen LogP contribution >= 0.6 is 0 Å². The molecule has 0 aliphatic heterocycles. The maximum atomic E-state index is 11.2. The molecule has 0 saturated carbocycles. The minimum atomic E-state index is -0.171. The van der Waals surface area contributed by atoms with Crippen LogP contribution in [0.5, 0.6) is 0 Å². The largest absolute Gasteiger partial charge is 0.515 e. The first-order valence-corrected chi connectivity index (χ1v) is 3.66. The molecule has 62 valence electrons. The number of benzene rings is 1. The quantitative estimate of drug-likeness (QED) is 0.411. The van der Waals surface area contributed by atoms with Crippen LogP contribution < -0.4 is 0 Å². The highest BCUT2D eigenvalue weighted by atomic mass is 16.2. The summed E-state index contributed by atoms with van der Waals surface area (Å²) >= 11 is 0. The maximum Gasteiger partial charge on any atom is 0.189 e. The number of rotatable bonds is 2. The Kier molecular flexibility index (Phi) is 2.64. The summed E-state index contributed by atoms with van der Waals surface area (Å²) in [5.74, 6) is -0.171. The summed E-state index contributed by atoms with van der Waals surface area (Å²) in [5, 5.41) is 8.39. The molecule has 1 N–H and O–H groups in total. The lowest BCUT2D eigenvalue weighted by Gasteiger charge is -1.98. The molecule has 1 aromatic carbocycles. The molecule has 0 radical (unpaired) electrons. The van der Waals surface area contributed by atoms with E-state index in [4.69, 9.17) is 5.11 Å². The minimum Gasteiger partial charge on any atom is -0.515 e. The van der Waals surface area contributed by atoms with Gasteiger partial charge in [-0.1, -0.05) is 24.3 Å². The Balaban J connectivity index is 3.03. The van der Waals surface area contributed by atoms with E-state index in [1.807, 2.05) is 19.1 Å². The van der Waals surface area contributed by atoms with Crippen molar-refractivity contribution in [3.8, 4) is 0 Å². The Morgan fingerprint density at radius 1 is 1.42 bits per heavy atom. The number of ketones is 1. The van der Waals surface area contributed by atoms with Gasteiger partial charge in [-0.3, -0.25) is 4.79 Å². The van der Waals surface area contributed by atoms with Crippen molar-refractivity contribution < 1.29 is 9.90 Å². The van der Waals surface area contributed by atoms with Crippen molar-refractivity contribution >= 4 is 5.78 Å². The summed E-state index contributed by atoms with van der Waals surface area (Å²) in [6.45, 7) is 1.86. The minimum absolute atomic E-state index is 0.171. The molecule has 0 amide bonds. The molecule has 0 fully saturated rings. The first-order chi connectivity index (χ1) is 5.75. The Morgan fingerprint density at radius 2 is 2.08 bits per heavy atom. The number of allylic oxidation sites excluding steroid dienone is 1. The monoisotopic (exact) mass is 162 g/mol. The molecule has 0 aromatic heterocycles. The number of aliphatic hydroxyl groups is 1. The smallest absolute Gasteiger partial charge is 0.189 e. The molecule has 0 spiro atoms. The Hall–Kier alpha value is -1.57. The molecule has 0 aliphatic rings. The van der Waals surface area contributed by atoms with E-state index in [1.165, 1.54) is 0 Å². The van der Waals surface area contributed by atoms with Gasteiger partial charge in [0.25, 0.3) is 0 Å². The standard InChI is InChI=1S/C10H10O2/c1-8-4-2-3-5-9(8)10(12)6-7-11/h2-7,11H,1H3/b7-6-. The Bertz CT molecular complexity index is 313. The van der Waals surface area contributed by atoms with E-state index in [-0.39, 0.29) is 5.78 Å². The first kappa shape index (κ1) is 8.53. The molecular formula is C10H10O2. The highest BCUT2D eigenvalue weighted by Crippen LogP contribution is 2.07. The maximum absolute atomic E-state index is 11.2. The van der Waals surface area contributed by atoms with E-state index in [1.54, 1.807) is 12.1 Å². The van der Waals surface area contributed by atoms with Crippen molar-refractivity contribution in [1.82, 2.24) is 0 Å². The van der Waals surface area contributed by atoms with Gasteiger partial charge in [-0.2, -0.15) is 0 Å². The van der Waals surface area contributed by atoms with Crippen LogP contribution in [-0.2, 0) is 0 Å². The average molecular weight is 162 g/mol. The van der Waals surface area contributed by atoms with Crippen LogP contribution in [0.15, 0.2) is 36.6 Å². The molecule has 0 atom stereocenters. The summed E-state index contributed by atoms with van der Waals surface area (Å²) in [6, 6.07) is 7.26. The van der Waals surface area contributed by atoms with Gasteiger partial charge in [0.2, 0.25) is 0 Å². The second-order valence-electron chi connectivity index (χ2n) is 2.49. The van der Waals surface area contributed by atoms with E-state index >= 15 is 0 Å². The predicted molar refractivity (Wildman–Crippen MR) is 47.3 cm³/mol. The van der Waals surface area contributed by atoms with Crippen LogP contribution in [0.3, 0.4) is 0 Å². The van der Waals surface area contributed by atoms with Gasteiger partial charge < -0.3 is 5.11 Å². The fourth-order valence-electron chi connectivity index (χ4n) is 1.01. The lowest BCUT2D eigenvalue weighted by molar-refractivity contribution is 0.104. The summed E-state index contributed by atoms with van der Waals surface area (Å²) in [7, 11) is 0. The molecule has 12 heavy (non-hydrogen) atoms. The number of carbonyl (C=O) groups excluding carboxylic acids is 1. The van der Waals surface area contributed by atoms with Crippen molar-refractivity contribution in [3.05, 3.63) is 47.7 Å². The van der Waals surface area contributed by atoms with Crippen LogP contribution in [0.1, 0.15) is 15.9 Å². The lowest BCUT2D eigenvalue weighted by atomic mass is 10.1. The average Bonchev–Trinajstić information content (AvgIpc) is 2.05. The molecule has 0 unspecified atom stereocenters. The van der Waals surface area contributed by atoms with Crippen LogP contribution in [0.25, 0.3) is 0 Å². The second-order valence-corrected chi connectivity index (χ2v) is 2.49. The van der Waals surface area contributed by atoms with Crippen molar-refractivity contribution in [2.24, 2.45) is 0 Å². The van der Waals surface area contributed by atoms with Crippen molar-refractivity contribution in [2.75, 3.05) is 0 Å². The fraction of sp³-hybridized carbons (Fsp3) is 0.100. The second kappa shape index (κ2) is 3.72. The van der Waals surface area contributed by atoms with Gasteiger partial charge in [-0.15, -0.1) is 0 Å². The van der Waals surface area contributed by atoms with Crippen LogP contribution in [-0.4, -0.2) is 10.9 Å². The lowest BCUT2D eigenvalue weighted by Crippen LogP contribution is -1.96. The molecule has 2 heteroatoms. The number of carbonyl (C=O) groups is 1. The predicted octanol–water partition coefficient (Wildman–Crippen LogP) is 2.25. The summed E-state index contributed by atoms with van der Waals surface area (Å²) in [4.78, 5) is 11.2. The van der Waals surface area contributed by atoms with E-state index in [9.17, 15) is 4.79 Å². The topological polar surface area (TPSA) is 37.3 Å². The molecule has 1 aromatic rings. The molecule has 1 rings (SSSR count). The van der Waals surface area contributed by atoms with Gasteiger partial charge in [-0.05, 0) is 12.5 Å². The van der Waals surface area contributed by atoms with Gasteiger partial charge in [0, 0.05) is 11.6 Å². The van der Waals surface area contributed by atoms with E-state index in [2.05, 4.69) is 0 Å². The molecule has 0 bridgehead atoms. The molecule has 0 aliphatic carbocycles. The fourth-order valence-corrected chi connectivity index (χ4v) is 1.01. The molecule has 0 heterocycles. The zero-order valence-electron chi connectivity index (χ0n) is 6.82. The third-order valence-electron chi connectivity index (χ3n) is 1.64. The van der Waals surface area contributed by atoms with E-state index in [0.717, 1.165) is 17.9 Å². The van der Waals surface area contributed by atoms with Gasteiger partial charge in [0.15, 0.2) is 5.78 Å². The first-order valence-electron chi connectivity index (χ1n) is 3.66. The number of aryl methyl sites for hydroxylation is 1. The van der Waals surface area contributed by atoms with Crippen LogP contribution in [0.2, 0.25) is 0 Å². The Morgan fingerprint density at radius 3 is 2.67 bits per heavy atom. The third-order valence-corrected chi connectivity index (χ3v) is 1.64. The van der Waals surface area contributed by atoms with Crippen LogP contribution in [0.4, 0.5) is 0 Å². The number of aliphatic hydroxyl groups excluding tert-OH is 1. The SMILES string of the molecule is Cc1ccccc1C(=O)/C=C\O. The van der Waals surface area contributed by atoms with Crippen molar-refractivity contribution in [1.29, 1.82) is 0 Å². The molecule has 2 nitrogen and oxygen atoms in total. The zero-order chi connectivity index (χ0) is 8.97. The normalized spacial score (nSPS) is 10.4. The Labute approximate surface area is 71.2 Å². The number of hydrogen-bond acceptors (Lipinski definition) is 2. The number of hydrogen-bond donors (Lipinski definition) is 1. The third kappa shape index (κ3) is 1.72. The van der Waals surface area contributed by atoms with Crippen molar-refractivity contribution in [3.63, 3.8) is 0 Å².